The van der Waals surface area contributed by atoms with Gasteiger partial charge in [-0.1, -0.05) is 17.7 Å². The van der Waals surface area contributed by atoms with Crippen LogP contribution in [0.1, 0.15) is 5.69 Å². The van der Waals surface area contributed by atoms with E-state index < -0.39 is 18.0 Å². The van der Waals surface area contributed by atoms with Gasteiger partial charge in [-0.2, -0.15) is 5.10 Å². The van der Waals surface area contributed by atoms with Crippen molar-refractivity contribution in [3.05, 3.63) is 65.3 Å². The summed E-state index contributed by atoms with van der Waals surface area (Å²) in [6.45, 7) is -0.119. The maximum absolute atomic E-state index is 14.7. The van der Waals surface area contributed by atoms with Gasteiger partial charge < -0.3 is 9.84 Å². The highest BCUT2D eigenvalue weighted by molar-refractivity contribution is 6.29. The Morgan fingerprint density at radius 2 is 2.16 bits per heavy atom. The van der Waals surface area contributed by atoms with Crippen LogP contribution in [0.5, 0.6) is 0 Å². The average molecular weight is 443 g/mol. The Balaban J connectivity index is 1.44. The van der Waals surface area contributed by atoms with Crippen LogP contribution in [0.25, 0.3) is 11.1 Å². The molecule has 158 valence electrons. The standard InChI is InChI=1S/C20H16ClFN6O3/c21-18-5-6-19(27-25-18)26-24-9-13-2-1-12(8-23-13)16-4-3-14(7-17(16)22)28-10-15(11-29)31-20(28)30/h1-9,15,29H,10-11H2,(H,26,27)/b24-9+/t15-/m1/s1. The quantitative estimate of drug-likeness (QED) is 0.445. The molecular weight excluding hydrogens is 427 g/mol. The van der Waals surface area contributed by atoms with Crippen LogP contribution in [0.2, 0.25) is 5.15 Å². The van der Waals surface area contributed by atoms with Gasteiger partial charge in [0.05, 0.1) is 30.7 Å². The van der Waals surface area contributed by atoms with Gasteiger partial charge in [-0.3, -0.25) is 15.3 Å². The predicted octanol–water partition coefficient (Wildman–Crippen LogP) is 3.09. The molecule has 2 N–H and O–H groups in total. The smallest absolute Gasteiger partial charge is 0.414 e. The lowest BCUT2D eigenvalue weighted by Gasteiger charge is -2.14. The van der Waals surface area contributed by atoms with E-state index in [1.54, 1.807) is 36.4 Å². The maximum Gasteiger partial charge on any atom is 0.414 e. The normalized spacial score (nSPS) is 16.0. The van der Waals surface area contributed by atoms with Crippen molar-refractivity contribution >= 4 is 35.4 Å². The van der Waals surface area contributed by atoms with Gasteiger partial charge in [0, 0.05) is 17.3 Å². The van der Waals surface area contributed by atoms with E-state index in [0.29, 0.717) is 28.3 Å². The van der Waals surface area contributed by atoms with Crippen molar-refractivity contribution in [2.24, 2.45) is 5.10 Å². The second-order valence-electron chi connectivity index (χ2n) is 6.55. The minimum absolute atomic E-state index is 0.166. The van der Waals surface area contributed by atoms with E-state index in [1.165, 1.54) is 23.4 Å². The third kappa shape index (κ3) is 4.76. The summed E-state index contributed by atoms with van der Waals surface area (Å²) >= 11 is 5.67. The van der Waals surface area contributed by atoms with Gasteiger partial charge in [-0.05, 0) is 36.4 Å². The number of pyridine rings is 1. The zero-order chi connectivity index (χ0) is 21.8. The van der Waals surface area contributed by atoms with Gasteiger partial charge in [0.2, 0.25) is 0 Å². The SMILES string of the molecule is O=C1O[C@@H](CO)CN1c1ccc(-c2ccc(/C=N/Nc3ccc(Cl)nn3)nc2)c(F)c1. The molecule has 1 fully saturated rings. The van der Waals surface area contributed by atoms with Crippen LogP contribution in [0.4, 0.5) is 20.7 Å². The fourth-order valence-corrected chi connectivity index (χ4v) is 3.02. The maximum atomic E-state index is 14.7. The number of cyclic esters (lactones) is 1. The van der Waals surface area contributed by atoms with Gasteiger partial charge in [0.15, 0.2) is 11.0 Å². The highest BCUT2D eigenvalue weighted by atomic mass is 35.5. The summed E-state index contributed by atoms with van der Waals surface area (Å²) in [5.74, 6) is -0.0874. The second kappa shape index (κ2) is 9.02. The zero-order valence-electron chi connectivity index (χ0n) is 15.9. The van der Waals surface area contributed by atoms with Crippen LogP contribution in [-0.4, -0.2) is 51.9 Å². The number of nitrogens with zero attached hydrogens (tertiary/aromatic N) is 5. The predicted molar refractivity (Wildman–Crippen MR) is 113 cm³/mol. The Morgan fingerprint density at radius 1 is 1.29 bits per heavy atom. The van der Waals surface area contributed by atoms with Gasteiger partial charge in [-0.25, -0.2) is 9.18 Å². The summed E-state index contributed by atoms with van der Waals surface area (Å²) < 4.78 is 19.7. The van der Waals surface area contributed by atoms with Gasteiger partial charge in [0.25, 0.3) is 0 Å². The van der Waals surface area contributed by atoms with Crippen molar-refractivity contribution in [2.75, 3.05) is 23.5 Å². The Kier molecular flexibility index (Phi) is 6.01. The number of benzene rings is 1. The number of aliphatic hydroxyl groups is 1. The van der Waals surface area contributed by atoms with Crippen molar-refractivity contribution in [3.8, 4) is 11.1 Å². The minimum Gasteiger partial charge on any atom is -0.441 e. The topological polar surface area (TPSA) is 113 Å². The molecule has 0 spiro atoms. The number of carbonyl (C=O) groups is 1. The van der Waals surface area contributed by atoms with E-state index in [0.717, 1.165) is 0 Å². The molecule has 1 saturated heterocycles. The molecule has 1 atom stereocenters. The lowest BCUT2D eigenvalue weighted by atomic mass is 10.1. The van der Waals surface area contributed by atoms with Gasteiger partial charge in [0.1, 0.15) is 11.9 Å². The summed E-state index contributed by atoms with van der Waals surface area (Å²) in [4.78, 5) is 17.4. The molecule has 0 unspecified atom stereocenters. The molecule has 0 aliphatic carbocycles. The zero-order valence-corrected chi connectivity index (χ0v) is 16.7. The summed E-state index contributed by atoms with van der Waals surface area (Å²) in [5.41, 5.74) is 4.50. The number of aromatic nitrogens is 3. The molecule has 0 radical (unpaired) electrons. The van der Waals surface area contributed by atoms with Crippen LogP contribution in [0.3, 0.4) is 0 Å². The molecule has 0 saturated carbocycles. The van der Waals surface area contributed by atoms with E-state index in [1.807, 2.05) is 0 Å². The number of nitrogens with one attached hydrogen (secondary N) is 1. The molecule has 2 aromatic heterocycles. The largest absolute Gasteiger partial charge is 0.441 e. The Morgan fingerprint density at radius 3 is 2.81 bits per heavy atom. The highest BCUT2D eigenvalue weighted by Crippen LogP contribution is 2.28. The third-order valence-corrected chi connectivity index (χ3v) is 4.65. The molecule has 4 rings (SSSR count). The average Bonchev–Trinajstić information content (AvgIpc) is 3.16. The molecule has 11 heteroatoms. The first-order chi connectivity index (χ1) is 15.0. The number of carbonyl (C=O) groups excluding carboxylic acids is 1. The Labute approximate surface area is 181 Å². The first-order valence-corrected chi connectivity index (χ1v) is 9.54. The molecular formula is C20H16ClFN6O3. The lowest BCUT2D eigenvalue weighted by molar-refractivity contribution is 0.0963. The molecule has 9 nitrogen and oxygen atoms in total. The number of aliphatic hydroxyl groups excluding tert-OH is 1. The molecule has 3 heterocycles. The van der Waals surface area contributed by atoms with Crippen molar-refractivity contribution in [3.63, 3.8) is 0 Å². The number of amides is 1. The molecule has 0 bridgehead atoms. The molecule has 1 aliphatic heterocycles. The Hall–Kier alpha value is -3.63. The van der Waals surface area contributed by atoms with E-state index in [4.69, 9.17) is 21.4 Å². The van der Waals surface area contributed by atoms with Crippen LogP contribution >= 0.6 is 11.6 Å². The van der Waals surface area contributed by atoms with Crippen LogP contribution in [0, 0.1) is 5.82 Å². The highest BCUT2D eigenvalue weighted by Gasteiger charge is 2.32. The number of ether oxygens (including phenoxy) is 1. The van der Waals surface area contributed by atoms with E-state index >= 15 is 0 Å². The number of halogens is 2. The molecule has 1 amide bonds. The Bertz CT molecular complexity index is 1110. The second-order valence-corrected chi connectivity index (χ2v) is 6.93. The third-order valence-electron chi connectivity index (χ3n) is 4.45. The number of rotatable bonds is 6. The van der Waals surface area contributed by atoms with Crippen LogP contribution < -0.4 is 10.3 Å². The summed E-state index contributed by atoms with van der Waals surface area (Å²) in [6.07, 6.45) is 1.77. The molecule has 31 heavy (non-hydrogen) atoms. The first kappa shape index (κ1) is 20.6. The van der Waals surface area contributed by atoms with E-state index in [9.17, 15) is 9.18 Å². The fourth-order valence-electron chi connectivity index (χ4n) is 2.91. The summed E-state index contributed by atoms with van der Waals surface area (Å²) in [6, 6.07) is 11.0. The molecule has 3 aromatic rings. The van der Waals surface area contributed by atoms with Gasteiger partial charge >= 0.3 is 6.09 Å². The van der Waals surface area contributed by atoms with Crippen molar-refractivity contribution in [1.29, 1.82) is 0 Å². The monoisotopic (exact) mass is 442 g/mol. The molecule has 1 aliphatic rings. The summed E-state index contributed by atoms with van der Waals surface area (Å²) in [5, 5.41) is 20.9. The van der Waals surface area contributed by atoms with Crippen molar-refractivity contribution < 1.29 is 19.0 Å². The number of hydrazone groups is 1. The van der Waals surface area contributed by atoms with Crippen molar-refractivity contribution in [1.82, 2.24) is 15.2 Å². The first-order valence-electron chi connectivity index (χ1n) is 9.17. The fraction of sp³-hybridized carbons (Fsp3) is 0.150. The van der Waals surface area contributed by atoms with Crippen LogP contribution in [-0.2, 0) is 4.74 Å². The number of anilines is 2. The lowest BCUT2D eigenvalue weighted by Crippen LogP contribution is -2.25. The minimum atomic E-state index is -0.616. The molecule has 1 aromatic carbocycles. The van der Waals surface area contributed by atoms with E-state index in [2.05, 4.69) is 25.7 Å². The van der Waals surface area contributed by atoms with E-state index in [-0.39, 0.29) is 18.3 Å². The summed E-state index contributed by atoms with van der Waals surface area (Å²) in [7, 11) is 0. The van der Waals surface area contributed by atoms with Gasteiger partial charge in [-0.15, -0.1) is 10.2 Å². The van der Waals surface area contributed by atoms with Crippen LogP contribution in [0.15, 0.2) is 53.8 Å². The number of hydrogen-bond donors (Lipinski definition) is 2. The number of hydrogen-bond acceptors (Lipinski definition) is 8. The van der Waals surface area contributed by atoms with Crippen molar-refractivity contribution in [2.45, 2.75) is 6.10 Å².